The Balaban J connectivity index is 1.34. The van der Waals surface area contributed by atoms with E-state index in [2.05, 4.69) is 10.4 Å². The third-order valence-electron chi connectivity index (χ3n) is 4.25. The van der Waals surface area contributed by atoms with E-state index in [1.54, 1.807) is 29.1 Å². The molecule has 0 spiro atoms. The summed E-state index contributed by atoms with van der Waals surface area (Å²) >= 11 is 13.5. The smallest absolute Gasteiger partial charge is 0.266 e. The Labute approximate surface area is 187 Å². The second-order valence-electron chi connectivity index (χ2n) is 6.51. The Morgan fingerprint density at radius 1 is 1.10 bits per heavy atom. The van der Waals surface area contributed by atoms with E-state index in [-0.39, 0.29) is 5.91 Å². The van der Waals surface area contributed by atoms with Gasteiger partial charge >= 0.3 is 0 Å². The molecule has 8 heteroatoms. The zero-order chi connectivity index (χ0) is 20.9. The van der Waals surface area contributed by atoms with Crippen molar-refractivity contribution >= 4 is 46.3 Å². The van der Waals surface area contributed by atoms with Gasteiger partial charge in [-0.25, -0.2) is 0 Å². The molecule has 30 heavy (non-hydrogen) atoms. The van der Waals surface area contributed by atoms with E-state index >= 15 is 0 Å². The van der Waals surface area contributed by atoms with Crippen LogP contribution in [0.3, 0.4) is 0 Å². The Hall–Kier alpha value is -2.80. The summed E-state index contributed by atoms with van der Waals surface area (Å²) in [7, 11) is 0. The molecule has 2 aromatic heterocycles. The summed E-state index contributed by atoms with van der Waals surface area (Å²) in [6, 6.07) is 18.4. The number of amides is 1. The number of hydrogen-bond donors (Lipinski definition) is 1. The lowest BCUT2D eigenvalue weighted by molar-refractivity contribution is 0.103. The van der Waals surface area contributed by atoms with Gasteiger partial charge < -0.3 is 10.1 Å². The van der Waals surface area contributed by atoms with E-state index in [0.29, 0.717) is 39.6 Å². The molecule has 0 aliphatic heterocycles. The van der Waals surface area contributed by atoms with Crippen LogP contribution in [0, 0.1) is 0 Å². The second-order valence-corrected chi connectivity index (χ2v) is 8.26. The van der Waals surface area contributed by atoms with Crippen molar-refractivity contribution in [3.8, 4) is 5.75 Å². The Kier molecular flexibility index (Phi) is 6.38. The van der Waals surface area contributed by atoms with E-state index in [4.69, 9.17) is 27.9 Å². The number of thiophene rings is 1. The maximum absolute atomic E-state index is 12.5. The van der Waals surface area contributed by atoms with Crippen molar-refractivity contribution < 1.29 is 9.53 Å². The number of anilines is 1. The van der Waals surface area contributed by atoms with Gasteiger partial charge in [-0.3, -0.25) is 9.48 Å². The molecule has 0 bridgehead atoms. The van der Waals surface area contributed by atoms with Crippen molar-refractivity contribution in [2.24, 2.45) is 0 Å². The lowest BCUT2D eigenvalue weighted by Crippen LogP contribution is -2.11. The number of rotatable bonds is 7. The highest BCUT2D eigenvalue weighted by atomic mass is 35.5. The standard InChI is InChI=1S/C22H17Cl2N3O2S/c23-17-5-3-6-18(11-17)29-13-15-10-20(30-14-15)22(28)25-21-8-9-27(26-21)12-16-4-1-2-7-19(16)24/h1-11,14H,12-13H2,(H,25,26,28). The van der Waals surface area contributed by atoms with Gasteiger partial charge in [-0.1, -0.05) is 47.5 Å². The van der Waals surface area contributed by atoms with Crippen LogP contribution in [0.1, 0.15) is 20.8 Å². The van der Waals surface area contributed by atoms with Crippen LogP contribution < -0.4 is 10.1 Å². The van der Waals surface area contributed by atoms with Crippen LogP contribution in [0.15, 0.2) is 72.2 Å². The zero-order valence-corrected chi connectivity index (χ0v) is 18.0. The molecule has 0 radical (unpaired) electrons. The number of ether oxygens (including phenoxy) is 1. The summed E-state index contributed by atoms with van der Waals surface area (Å²) in [6.07, 6.45) is 1.80. The first-order valence-electron chi connectivity index (χ1n) is 9.11. The monoisotopic (exact) mass is 457 g/mol. The molecule has 1 amide bonds. The molecule has 4 rings (SSSR count). The molecule has 0 aliphatic carbocycles. The molecule has 5 nitrogen and oxygen atoms in total. The molecule has 2 aromatic carbocycles. The number of halogens is 2. The predicted octanol–water partition coefficient (Wildman–Crippen LogP) is 6.13. The van der Waals surface area contributed by atoms with Gasteiger partial charge in [-0.15, -0.1) is 11.3 Å². The van der Waals surface area contributed by atoms with Crippen LogP contribution in [0.4, 0.5) is 5.82 Å². The minimum atomic E-state index is -0.211. The minimum Gasteiger partial charge on any atom is -0.489 e. The number of nitrogens with zero attached hydrogens (tertiary/aromatic N) is 2. The molecule has 0 saturated carbocycles. The maximum atomic E-state index is 12.5. The van der Waals surface area contributed by atoms with E-state index in [9.17, 15) is 4.79 Å². The molecular formula is C22H17Cl2N3O2S. The Bertz CT molecular complexity index is 1170. The van der Waals surface area contributed by atoms with Crippen molar-refractivity contribution in [1.29, 1.82) is 0 Å². The summed E-state index contributed by atoms with van der Waals surface area (Å²) in [5.41, 5.74) is 1.87. The first kappa shape index (κ1) is 20.5. The molecule has 152 valence electrons. The van der Waals surface area contributed by atoms with Gasteiger partial charge in [0.2, 0.25) is 0 Å². The number of aromatic nitrogens is 2. The lowest BCUT2D eigenvalue weighted by Gasteiger charge is -2.05. The van der Waals surface area contributed by atoms with E-state index in [1.165, 1.54) is 11.3 Å². The van der Waals surface area contributed by atoms with Gasteiger partial charge in [0, 0.05) is 27.9 Å². The van der Waals surface area contributed by atoms with Crippen LogP contribution >= 0.6 is 34.5 Å². The second kappa shape index (κ2) is 9.34. The first-order valence-corrected chi connectivity index (χ1v) is 10.7. The van der Waals surface area contributed by atoms with E-state index in [1.807, 2.05) is 47.8 Å². The van der Waals surface area contributed by atoms with E-state index in [0.717, 1.165) is 11.1 Å². The Morgan fingerprint density at radius 3 is 2.80 bits per heavy atom. The quantitative estimate of drug-likeness (QED) is 0.363. The fraction of sp³-hybridized carbons (Fsp3) is 0.0909. The van der Waals surface area contributed by atoms with E-state index < -0.39 is 0 Å². The molecule has 4 aromatic rings. The number of benzene rings is 2. The fourth-order valence-electron chi connectivity index (χ4n) is 2.79. The molecule has 2 heterocycles. The lowest BCUT2D eigenvalue weighted by atomic mass is 10.2. The van der Waals surface area contributed by atoms with Gasteiger partial charge in [0.15, 0.2) is 5.82 Å². The summed E-state index contributed by atoms with van der Waals surface area (Å²) in [5.74, 6) is 0.956. The van der Waals surface area contributed by atoms with Crippen LogP contribution in [0.2, 0.25) is 10.0 Å². The van der Waals surface area contributed by atoms with Gasteiger partial charge in [0.05, 0.1) is 11.4 Å². The minimum absolute atomic E-state index is 0.211. The highest BCUT2D eigenvalue weighted by Crippen LogP contribution is 2.21. The molecule has 0 saturated heterocycles. The highest BCUT2D eigenvalue weighted by Gasteiger charge is 2.12. The third-order valence-corrected chi connectivity index (χ3v) is 5.83. The van der Waals surface area contributed by atoms with Gasteiger partial charge in [-0.05, 0) is 41.3 Å². The number of nitrogens with one attached hydrogen (secondary N) is 1. The SMILES string of the molecule is O=C(Nc1ccn(Cc2ccccc2Cl)n1)c1cc(COc2cccc(Cl)c2)cs1. The number of carbonyl (C=O) groups is 1. The summed E-state index contributed by atoms with van der Waals surface area (Å²) in [5, 5.41) is 10.4. The molecular weight excluding hydrogens is 441 g/mol. The van der Waals surface area contributed by atoms with Crippen LogP contribution in [0.5, 0.6) is 5.75 Å². The fourth-order valence-corrected chi connectivity index (χ4v) is 3.96. The molecule has 0 aliphatic rings. The van der Waals surface area contributed by atoms with Crippen molar-refractivity contribution in [1.82, 2.24) is 9.78 Å². The molecule has 0 atom stereocenters. The van der Waals surface area contributed by atoms with Crippen molar-refractivity contribution in [3.63, 3.8) is 0 Å². The van der Waals surface area contributed by atoms with Crippen molar-refractivity contribution in [2.45, 2.75) is 13.2 Å². The summed E-state index contributed by atoms with van der Waals surface area (Å²) in [6.45, 7) is 0.885. The topological polar surface area (TPSA) is 56.2 Å². The van der Waals surface area contributed by atoms with Crippen LogP contribution in [-0.4, -0.2) is 15.7 Å². The predicted molar refractivity (Wildman–Crippen MR) is 121 cm³/mol. The average molecular weight is 458 g/mol. The molecule has 0 fully saturated rings. The normalized spacial score (nSPS) is 10.7. The molecule has 1 N–H and O–H groups in total. The molecule has 0 unspecified atom stereocenters. The Morgan fingerprint density at radius 2 is 1.97 bits per heavy atom. The van der Waals surface area contributed by atoms with Gasteiger partial charge in [0.1, 0.15) is 12.4 Å². The van der Waals surface area contributed by atoms with Crippen LogP contribution in [0.25, 0.3) is 0 Å². The summed E-state index contributed by atoms with van der Waals surface area (Å²) in [4.78, 5) is 13.1. The highest BCUT2D eigenvalue weighted by molar-refractivity contribution is 7.12. The summed E-state index contributed by atoms with van der Waals surface area (Å²) < 4.78 is 7.45. The maximum Gasteiger partial charge on any atom is 0.266 e. The zero-order valence-electron chi connectivity index (χ0n) is 15.7. The third kappa shape index (κ3) is 5.21. The number of hydrogen-bond acceptors (Lipinski definition) is 4. The van der Waals surface area contributed by atoms with Crippen molar-refractivity contribution in [2.75, 3.05) is 5.32 Å². The first-order chi connectivity index (χ1) is 14.6. The van der Waals surface area contributed by atoms with Gasteiger partial charge in [0.25, 0.3) is 5.91 Å². The van der Waals surface area contributed by atoms with Crippen molar-refractivity contribution in [3.05, 3.63) is 98.3 Å². The number of carbonyl (C=O) groups excluding carboxylic acids is 1. The van der Waals surface area contributed by atoms with Gasteiger partial charge in [-0.2, -0.15) is 5.10 Å². The average Bonchev–Trinajstić information content (AvgIpc) is 3.38. The largest absolute Gasteiger partial charge is 0.489 e. The van der Waals surface area contributed by atoms with Crippen LogP contribution in [-0.2, 0) is 13.2 Å².